The summed E-state index contributed by atoms with van der Waals surface area (Å²) in [5, 5.41) is 0. The summed E-state index contributed by atoms with van der Waals surface area (Å²) in [6.07, 6.45) is 1.97. The maximum absolute atomic E-state index is 11.2. The molecule has 0 unspecified atom stereocenters. The lowest BCUT2D eigenvalue weighted by Crippen LogP contribution is -2.17. The highest BCUT2D eigenvalue weighted by molar-refractivity contribution is 5.96. The Labute approximate surface area is 97.3 Å². The van der Waals surface area contributed by atoms with Gasteiger partial charge >= 0.3 is 5.97 Å². The Morgan fingerprint density at radius 3 is 2.38 bits per heavy atom. The minimum atomic E-state index is -0.460. The summed E-state index contributed by atoms with van der Waals surface area (Å²) in [6.45, 7) is 6.95. The number of esters is 1. The Kier molecular flexibility index (Phi) is 8.81. The summed E-state index contributed by atoms with van der Waals surface area (Å²) >= 11 is 0. The number of hydrogen-bond acceptors (Lipinski definition) is 4. The van der Waals surface area contributed by atoms with Crippen LogP contribution in [0.3, 0.4) is 0 Å². The Balaban J connectivity index is 3.41. The van der Waals surface area contributed by atoms with E-state index in [0.717, 1.165) is 12.8 Å². The number of carbonyl (C=O) groups excluding carboxylic acids is 2. The van der Waals surface area contributed by atoms with Crippen LogP contribution in [-0.2, 0) is 19.1 Å². The molecule has 0 N–H and O–H groups in total. The Hall–Kier alpha value is -0.900. The van der Waals surface area contributed by atoms with Gasteiger partial charge in [-0.1, -0.05) is 27.2 Å². The Bertz CT molecular complexity index is 211. The number of hydrogen-bond donors (Lipinski definition) is 0. The predicted molar refractivity (Wildman–Crippen MR) is 61.1 cm³/mol. The van der Waals surface area contributed by atoms with Crippen molar-refractivity contribution in [2.75, 3.05) is 19.8 Å². The molecule has 0 radical (unpaired) electrons. The highest BCUT2D eigenvalue weighted by Gasteiger charge is 2.13. The van der Waals surface area contributed by atoms with Gasteiger partial charge in [-0.15, -0.1) is 0 Å². The molecule has 16 heavy (non-hydrogen) atoms. The molecule has 0 fully saturated rings. The molecule has 0 rings (SSSR count). The van der Waals surface area contributed by atoms with Gasteiger partial charge in [0.05, 0.1) is 6.61 Å². The molecule has 0 bridgehead atoms. The van der Waals surface area contributed by atoms with Gasteiger partial charge in [0.25, 0.3) is 0 Å². The summed E-state index contributed by atoms with van der Waals surface area (Å²) in [7, 11) is 0. The summed E-state index contributed by atoms with van der Waals surface area (Å²) < 4.78 is 10.1. The van der Waals surface area contributed by atoms with Gasteiger partial charge in [0.1, 0.15) is 18.8 Å². The summed E-state index contributed by atoms with van der Waals surface area (Å²) in [4.78, 5) is 22.3. The van der Waals surface area contributed by atoms with E-state index in [1.165, 1.54) is 0 Å². The fraction of sp³-hybridized carbons (Fsp3) is 0.833. The monoisotopic (exact) mass is 230 g/mol. The summed E-state index contributed by atoms with van der Waals surface area (Å²) in [5.74, 6) is -0.664. The van der Waals surface area contributed by atoms with E-state index in [-0.39, 0.29) is 24.7 Å². The van der Waals surface area contributed by atoms with Crippen molar-refractivity contribution in [1.82, 2.24) is 0 Å². The summed E-state index contributed by atoms with van der Waals surface area (Å²) in [6, 6.07) is 0. The van der Waals surface area contributed by atoms with Crippen LogP contribution in [0.4, 0.5) is 0 Å². The molecule has 0 aliphatic carbocycles. The van der Waals surface area contributed by atoms with Gasteiger partial charge in [-0.2, -0.15) is 0 Å². The molecular formula is C12H22O4. The number of ether oxygens (including phenoxy) is 2. The van der Waals surface area contributed by atoms with Crippen LogP contribution >= 0.6 is 0 Å². The van der Waals surface area contributed by atoms with Crippen molar-refractivity contribution in [3.63, 3.8) is 0 Å². The quantitative estimate of drug-likeness (QED) is 0.345. The third kappa shape index (κ3) is 8.41. The SMILES string of the molecule is CCCCOCCOC(=O)CC(=O)C(C)C. The number of carbonyl (C=O) groups is 2. The first kappa shape index (κ1) is 15.1. The van der Waals surface area contributed by atoms with Gasteiger partial charge in [-0.25, -0.2) is 0 Å². The second-order valence-electron chi connectivity index (χ2n) is 3.98. The van der Waals surface area contributed by atoms with Crippen LogP contribution in [0.25, 0.3) is 0 Å². The van der Waals surface area contributed by atoms with Crippen LogP contribution in [0.2, 0.25) is 0 Å². The van der Waals surface area contributed by atoms with Crippen LogP contribution in [-0.4, -0.2) is 31.6 Å². The molecule has 4 heteroatoms. The first-order valence-electron chi connectivity index (χ1n) is 5.84. The van der Waals surface area contributed by atoms with Crippen molar-refractivity contribution in [3.05, 3.63) is 0 Å². The third-order valence-electron chi connectivity index (χ3n) is 2.10. The van der Waals surface area contributed by atoms with Crippen molar-refractivity contribution in [2.45, 2.75) is 40.0 Å². The smallest absolute Gasteiger partial charge is 0.313 e. The number of Topliss-reactive ketones (excluding diaryl/α,β-unsaturated/α-hetero) is 1. The van der Waals surface area contributed by atoms with E-state index in [1.807, 2.05) is 0 Å². The van der Waals surface area contributed by atoms with Gasteiger partial charge in [0.2, 0.25) is 0 Å². The highest BCUT2D eigenvalue weighted by atomic mass is 16.6. The molecule has 0 aliphatic rings. The van der Waals surface area contributed by atoms with Crippen molar-refractivity contribution in [1.29, 1.82) is 0 Å². The van der Waals surface area contributed by atoms with Gasteiger partial charge in [0.15, 0.2) is 0 Å². The van der Waals surface area contributed by atoms with Crippen molar-refractivity contribution < 1.29 is 19.1 Å². The second-order valence-corrected chi connectivity index (χ2v) is 3.98. The molecular weight excluding hydrogens is 208 g/mol. The van der Waals surface area contributed by atoms with E-state index in [1.54, 1.807) is 13.8 Å². The lowest BCUT2D eigenvalue weighted by Gasteiger charge is -2.06. The van der Waals surface area contributed by atoms with E-state index >= 15 is 0 Å². The lowest BCUT2D eigenvalue weighted by atomic mass is 10.1. The van der Waals surface area contributed by atoms with E-state index in [0.29, 0.717) is 13.2 Å². The largest absolute Gasteiger partial charge is 0.463 e. The van der Waals surface area contributed by atoms with Crippen molar-refractivity contribution in [2.24, 2.45) is 5.92 Å². The average Bonchev–Trinajstić information content (AvgIpc) is 2.23. The predicted octanol–water partition coefficient (Wildman–Crippen LogP) is 1.96. The Morgan fingerprint density at radius 2 is 1.81 bits per heavy atom. The molecule has 0 amide bonds. The molecule has 0 atom stereocenters. The fourth-order valence-corrected chi connectivity index (χ4v) is 0.960. The topological polar surface area (TPSA) is 52.6 Å². The van der Waals surface area contributed by atoms with E-state index in [2.05, 4.69) is 6.92 Å². The molecule has 0 heterocycles. The minimum absolute atomic E-state index is 0.0862. The van der Waals surface area contributed by atoms with Gasteiger partial charge in [-0.3, -0.25) is 9.59 Å². The number of unbranched alkanes of at least 4 members (excludes halogenated alkanes) is 1. The maximum atomic E-state index is 11.2. The molecule has 4 nitrogen and oxygen atoms in total. The van der Waals surface area contributed by atoms with E-state index < -0.39 is 5.97 Å². The first-order chi connectivity index (χ1) is 7.57. The molecule has 0 aromatic rings. The van der Waals surface area contributed by atoms with E-state index in [4.69, 9.17) is 9.47 Å². The average molecular weight is 230 g/mol. The molecule has 94 valence electrons. The molecule has 0 aliphatic heterocycles. The van der Waals surface area contributed by atoms with Crippen molar-refractivity contribution in [3.8, 4) is 0 Å². The first-order valence-corrected chi connectivity index (χ1v) is 5.84. The minimum Gasteiger partial charge on any atom is -0.463 e. The maximum Gasteiger partial charge on any atom is 0.313 e. The van der Waals surface area contributed by atoms with Gasteiger partial charge in [0, 0.05) is 12.5 Å². The third-order valence-corrected chi connectivity index (χ3v) is 2.10. The normalized spacial score (nSPS) is 10.5. The highest BCUT2D eigenvalue weighted by Crippen LogP contribution is 2.00. The lowest BCUT2D eigenvalue weighted by molar-refractivity contribution is -0.148. The van der Waals surface area contributed by atoms with Crippen LogP contribution in [0.1, 0.15) is 40.0 Å². The van der Waals surface area contributed by atoms with Gasteiger partial charge < -0.3 is 9.47 Å². The number of rotatable bonds is 9. The number of ketones is 1. The zero-order valence-electron chi connectivity index (χ0n) is 10.5. The van der Waals surface area contributed by atoms with Crippen molar-refractivity contribution >= 4 is 11.8 Å². The standard InChI is InChI=1S/C12H22O4/c1-4-5-6-15-7-8-16-12(14)9-11(13)10(2)3/h10H,4-9H2,1-3H3. The molecule has 0 spiro atoms. The second kappa shape index (κ2) is 9.33. The Morgan fingerprint density at radius 1 is 1.12 bits per heavy atom. The van der Waals surface area contributed by atoms with Crippen LogP contribution in [0, 0.1) is 5.92 Å². The zero-order chi connectivity index (χ0) is 12.4. The molecule has 0 saturated carbocycles. The fourth-order valence-electron chi connectivity index (χ4n) is 0.960. The molecule has 0 aromatic heterocycles. The molecule has 0 aromatic carbocycles. The van der Waals surface area contributed by atoms with Crippen LogP contribution < -0.4 is 0 Å². The van der Waals surface area contributed by atoms with Crippen LogP contribution in [0.15, 0.2) is 0 Å². The molecule has 0 saturated heterocycles. The zero-order valence-corrected chi connectivity index (χ0v) is 10.5. The van der Waals surface area contributed by atoms with Gasteiger partial charge in [-0.05, 0) is 6.42 Å². The van der Waals surface area contributed by atoms with Crippen LogP contribution in [0.5, 0.6) is 0 Å². The van der Waals surface area contributed by atoms with E-state index in [9.17, 15) is 9.59 Å². The summed E-state index contributed by atoms with van der Waals surface area (Å²) in [5.41, 5.74) is 0.